The molecule has 472 valence electrons. The van der Waals surface area contributed by atoms with Crippen molar-refractivity contribution >= 4 is 27.5 Å². The average Bonchev–Trinajstić information content (AvgIpc) is 1.53. The smallest absolute Gasteiger partial charge is 0.145 e. The third kappa shape index (κ3) is 11.5. The summed E-state index contributed by atoms with van der Waals surface area (Å²) < 4.78 is 2.35. The molecule has 11 aromatic rings. The number of nitrogens with zero attached hydrogens (tertiary/aromatic N) is 2. The van der Waals surface area contributed by atoms with Crippen molar-refractivity contribution in [2.24, 2.45) is 5.41 Å². The second kappa shape index (κ2) is 21.6. The molecule has 2 aromatic heterocycles. The molecule has 2 heterocycles. The van der Waals surface area contributed by atoms with E-state index in [1.54, 1.807) is 0 Å². The maximum atomic E-state index is 5.59. The Hall–Kier alpha value is -7.81. The van der Waals surface area contributed by atoms with Gasteiger partial charge in [0.2, 0.25) is 0 Å². The monoisotopic (exact) mass is 1210 g/mol. The summed E-state index contributed by atoms with van der Waals surface area (Å²) in [6.07, 6.45) is 2.28. The minimum absolute atomic E-state index is 0.0249. The van der Waals surface area contributed by atoms with E-state index >= 15 is 0 Å². The van der Waals surface area contributed by atoms with Crippen LogP contribution in [0.2, 0.25) is 0 Å². The SMILES string of the molecule is CC(C)(C)c1ccc(-c2cc(-c3ccc(C(C)(C)C)cc3)cc(-c3cc(-c4cc(-c5cc(C(C)(C)C)cc(C(C)(C)C)c5)cc(-c5cc(C(C)(C)C)cc(C(C)(C)C)c5)c4)cc(-c4cccc5c4ccn4c6cc7c(cc6nc54)C(C)(C)C(C)(C)C7(C)C)c3)c2)cc1. The van der Waals surface area contributed by atoms with Crippen molar-refractivity contribution in [1.82, 2.24) is 9.38 Å². The van der Waals surface area contributed by atoms with Crippen molar-refractivity contribution in [3.63, 3.8) is 0 Å². The molecule has 0 unspecified atom stereocenters. The van der Waals surface area contributed by atoms with E-state index in [9.17, 15) is 0 Å². The molecule has 92 heavy (non-hydrogen) atoms. The zero-order valence-corrected chi connectivity index (χ0v) is 60.2. The van der Waals surface area contributed by atoms with E-state index in [1.165, 1.54) is 111 Å². The van der Waals surface area contributed by atoms with Crippen LogP contribution in [0.1, 0.15) is 211 Å². The Balaban J connectivity index is 1.16. The molecule has 0 saturated carbocycles. The molecule has 12 rings (SSSR count). The first-order valence-corrected chi connectivity index (χ1v) is 34.0. The molecule has 9 aromatic carbocycles. The van der Waals surface area contributed by atoms with Crippen molar-refractivity contribution < 1.29 is 0 Å². The Kier molecular flexibility index (Phi) is 15.1. The van der Waals surface area contributed by atoms with Crippen molar-refractivity contribution in [2.45, 2.75) is 209 Å². The number of pyridine rings is 1. The van der Waals surface area contributed by atoms with Crippen molar-refractivity contribution in [1.29, 1.82) is 0 Å². The fourth-order valence-corrected chi connectivity index (χ4v) is 14.3. The summed E-state index contributed by atoms with van der Waals surface area (Å²) >= 11 is 0. The number of rotatable bonds is 7. The number of imidazole rings is 1. The van der Waals surface area contributed by atoms with Crippen LogP contribution in [-0.2, 0) is 43.3 Å². The van der Waals surface area contributed by atoms with E-state index in [4.69, 9.17) is 4.98 Å². The number of hydrogen-bond acceptors (Lipinski definition) is 1. The summed E-state index contributed by atoms with van der Waals surface area (Å²) in [6.45, 7) is 56.6. The van der Waals surface area contributed by atoms with Gasteiger partial charge in [0.1, 0.15) is 5.65 Å². The van der Waals surface area contributed by atoms with Gasteiger partial charge < -0.3 is 0 Å². The van der Waals surface area contributed by atoms with Gasteiger partial charge >= 0.3 is 0 Å². The summed E-state index contributed by atoms with van der Waals surface area (Å²) in [5, 5.41) is 2.32. The molecule has 1 aliphatic carbocycles. The average molecular weight is 1210 g/mol. The van der Waals surface area contributed by atoms with E-state index in [0.29, 0.717) is 0 Å². The second-order valence-electron chi connectivity index (χ2n) is 35.3. The van der Waals surface area contributed by atoms with Gasteiger partial charge in [-0.05, 0) is 249 Å². The molecule has 0 spiro atoms. The van der Waals surface area contributed by atoms with Gasteiger partial charge in [-0.1, -0.05) is 269 Å². The molecular weight excluding hydrogens is 1110 g/mol. The van der Waals surface area contributed by atoms with Crippen LogP contribution in [-0.4, -0.2) is 9.38 Å². The molecule has 0 radical (unpaired) electrons. The fourth-order valence-electron chi connectivity index (χ4n) is 14.3. The summed E-state index contributed by atoms with van der Waals surface area (Å²) in [6, 6.07) is 69.6. The summed E-state index contributed by atoms with van der Waals surface area (Å²) in [7, 11) is 0. The minimum atomic E-state index is -0.0583. The first-order chi connectivity index (χ1) is 42.6. The lowest BCUT2D eigenvalue weighted by Crippen LogP contribution is -2.42. The Bertz CT molecular complexity index is 4480. The van der Waals surface area contributed by atoms with Crippen LogP contribution in [0.4, 0.5) is 0 Å². The van der Waals surface area contributed by atoms with Gasteiger partial charge in [0, 0.05) is 11.6 Å². The van der Waals surface area contributed by atoms with E-state index < -0.39 is 0 Å². The van der Waals surface area contributed by atoms with Crippen molar-refractivity contribution in [3.05, 3.63) is 227 Å². The van der Waals surface area contributed by atoms with Gasteiger partial charge in [-0.25, -0.2) is 4.98 Å². The normalized spacial score (nSPS) is 15.2. The Morgan fingerprint density at radius 3 is 0.946 bits per heavy atom. The molecule has 0 atom stereocenters. The van der Waals surface area contributed by atoms with Gasteiger partial charge in [0.15, 0.2) is 0 Å². The lowest BCUT2D eigenvalue weighted by atomic mass is 9.59. The molecule has 2 nitrogen and oxygen atoms in total. The molecule has 2 heteroatoms. The standard InChI is InChI=1S/C90H102N2/c1-82(2,3)68-32-28-55(29-33-68)57-38-58(56-30-34-69(35-31-56)83(4,5)6)40-59(39-57)63-44-64(46-67(45-63)74-26-25-27-76-75(74)36-37-92-80-54-78-77(53-79(80)91-81(76)92)88(19,20)90(23,24)89(78,21)22)60-41-61(65-47-70(84(7,8)9)51-71(48-65)85(10,11)12)43-62(42-60)66-49-72(86(13,14)15)52-73(50-66)87(16,17)18/h25-54H,1-24H3. The quantitative estimate of drug-likeness (QED) is 0.155. The number of hydrogen-bond donors (Lipinski definition) is 0. The maximum Gasteiger partial charge on any atom is 0.145 e. The van der Waals surface area contributed by atoms with Gasteiger partial charge in [0.05, 0.1) is 11.0 Å². The molecule has 0 N–H and O–H groups in total. The van der Waals surface area contributed by atoms with Crippen LogP contribution in [0.25, 0.3) is 105 Å². The lowest BCUT2D eigenvalue weighted by molar-refractivity contribution is 0.125. The highest BCUT2D eigenvalue weighted by molar-refractivity contribution is 6.06. The first kappa shape index (κ1) is 64.3. The van der Waals surface area contributed by atoms with Crippen LogP contribution in [0.15, 0.2) is 182 Å². The zero-order chi connectivity index (χ0) is 66.6. The first-order valence-electron chi connectivity index (χ1n) is 34.0. The predicted molar refractivity (Wildman–Crippen MR) is 400 cm³/mol. The molecule has 1 aliphatic rings. The number of fused-ring (bicyclic) bond motifs is 6. The molecule has 0 amide bonds. The minimum Gasteiger partial charge on any atom is -0.299 e. The Morgan fingerprint density at radius 1 is 0.283 bits per heavy atom. The third-order valence-corrected chi connectivity index (χ3v) is 22.0. The van der Waals surface area contributed by atoms with Crippen LogP contribution < -0.4 is 0 Å². The highest BCUT2D eigenvalue weighted by Crippen LogP contribution is 2.62. The van der Waals surface area contributed by atoms with Crippen LogP contribution in [0.3, 0.4) is 0 Å². The fraction of sp³-hybridized carbons (Fsp3) is 0.367. The molecule has 0 bridgehead atoms. The molecular formula is C90H102N2. The Labute approximate surface area is 553 Å². The van der Waals surface area contributed by atoms with Crippen LogP contribution >= 0.6 is 0 Å². The van der Waals surface area contributed by atoms with Gasteiger partial charge in [-0.3, -0.25) is 4.40 Å². The maximum absolute atomic E-state index is 5.59. The summed E-state index contributed by atoms with van der Waals surface area (Å²) in [5.41, 5.74) is 30.6. The largest absolute Gasteiger partial charge is 0.299 e. The highest BCUT2D eigenvalue weighted by atomic mass is 15.0. The van der Waals surface area contributed by atoms with Crippen molar-refractivity contribution in [3.8, 4) is 77.9 Å². The topological polar surface area (TPSA) is 17.3 Å². The number of aromatic nitrogens is 2. The predicted octanol–water partition coefficient (Wildman–Crippen LogP) is 25.7. The molecule has 0 aliphatic heterocycles. The lowest BCUT2D eigenvalue weighted by Gasteiger charge is -2.44. The molecule has 0 fully saturated rings. The van der Waals surface area contributed by atoms with Crippen LogP contribution in [0.5, 0.6) is 0 Å². The summed E-state index contributed by atoms with van der Waals surface area (Å²) in [4.78, 5) is 5.59. The van der Waals surface area contributed by atoms with E-state index in [2.05, 4.69) is 353 Å². The van der Waals surface area contributed by atoms with E-state index in [-0.39, 0.29) is 48.7 Å². The van der Waals surface area contributed by atoms with Crippen molar-refractivity contribution in [2.75, 3.05) is 0 Å². The molecule has 0 saturated heterocycles. The van der Waals surface area contributed by atoms with E-state index in [0.717, 1.165) is 38.8 Å². The van der Waals surface area contributed by atoms with Crippen LogP contribution in [0, 0.1) is 5.41 Å². The summed E-state index contributed by atoms with van der Waals surface area (Å²) in [5.74, 6) is 0. The van der Waals surface area contributed by atoms with Gasteiger partial charge in [-0.15, -0.1) is 0 Å². The zero-order valence-electron chi connectivity index (χ0n) is 60.2. The Morgan fingerprint density at radius 2 is 0.598 bits per heavy atom. The van der Waals surface area contributed by atoms with Gasteiger partial charge in [0.25, 0.3) is 0 Å². The van der Waals surface area contributed by atoms with Gasteiger partial charge in [-0.2, -0.15) is 0 Å². The second-order valence-corrected chi connectivity index (χ2v) is 35.3. The third-order valence-electron chi connectivity index (χ3n) is 22.0. The van der Waals surface area contributed by atoms with E-state index in [1.807, 2.05) is 0 Å². The highest BCUT2D eigenvalue weighted by Gasteiger charge is 2.57. The number of benzene rings is 9.